The van der Waals surface area contributed by atoms with E-state index in [2.05, 4.69) is 5.32 Å². The Kier molecular flexibility index (Phi) is 4.34. The fourth-order valence-electron chi connectivity index (χ4n) is 3.02. The SMILES string of the molecule is Cc1cccc(C)c1NC(=O)[C@@H]1CC(=O)N(c2ccccc2F)C1. The predicted molar refractivity (Wildman–Crippen MR) is 91.4 cm³/mol. The lowest BCUT2D eigenvalue weighted by Gasteiger charge is -2.18. The summed E-state index contributed by atoms with van der Waals surface area (Å²) in [6.45, 7) is 4.04. The van der Waals surface area contributed by atoms with E-state index >= 15 is 0 Å². The van der Waals surface area contributed by atoms with Gasteiger partial charge >= 0.3 is 0 Å². The first kappa shape index (κ1) is 16.2. The summed E-state index contributed by atoms with van der Waals surface area (Å²) >= 11 is 0. The molecule has 1 N–H and O–H groups in total. The van der Waals surface area contributed by atoms with Crippen molar-refractivity contribution in [3.05, 3.63) is 59.4 Å². The van der Waals surface area contributed by atoms with Crippen LogP contribution < -0.4 is 10.2 Å². The number of amides is 2. The Labute approximate surface area is 140 Å². The molecular weight excluding hydrogens is 307 g/mol. The lowest BCUT2D eigenvalue weighted by Crippen LogP contribution is -2.29. The Morgan fingerprint density at radius 3 is 2.46 bits per heavy atom. The topological polar surface area (TPSA) is 49.4 Å². The van der Waals surface area contributed by atoms with E-state index < -0.39 is 11.7 Å². The third kappa shape index (κ3) is 3.02. The van der Waals surface area contributed by atoms with Crippen molar-refractivity contribution in [1.82, 2.24) is 0 Å². The standard InChI is InChI=1S/C19H19FN2O2/c1-12-6-5-7-13(2)18(12)21-19(24)14-10-17(23)22(11-14)16-9-4-3-8-15(16)20/h3-9,14H,10-11H2,1-2H3,(H,21,24)/t14-/m1/s1. The molecule has 2 amide bonds. The molecule has 1 aliphatic rings. The van der Waals surface area contributed by atoms with Crippen molar-refractivity contribution in [1.29, 1.82) is 0 Å². The molecule has 5 heteroatoms. The van der Waals surface area contributed by atoms with E-state index in [1.165, 1.54) is 11.0 Å². The number of aryl methyl sites for hydroxylation is 2. The highest BCUT2D eigenvalue weighted by Crippen LogP contribution is 2.28. The first-order valence-electron chi connectivity index (χ1n) is 7.89. The van der Waals surface area contributed by atoms with Crippen LogP contribution in [0, 0.1) is 25.6 Å². The highest BCUT2D eigenvalue weighted by Gasteiger charge is 2.36. The predicted octanol–water partition coefficient (Wildman–Crippen LogP) is 3.43. The Bertz CT molecular complexity index is 783. The Hall–Kier alpha value is -2.69. The molecule has 4 nitrogen and oxygen atoms in total. The summed E-state index contributed by atoms with van der Waals surface area (Å²) in [6, 6.07) is 11.9. The van der Waals surface area contributed by atoms with Crippen LogP contribution in [-0.2, 0) is 9.59 Å². The zero-order valence-electron chi connectivity index (χ0n) is 13.7. The zero-order valence-corrected chi connectivity index (χ0v) is 13.7. The maximum atomic E-state index is 13.9. The van der Waals surface area contributed by atoms with Crippen molar-refractivity contribution >= 4 is 23.2 Å². The fraction of sp³-hybridized carbons (Fsp3) is 0.263. The van der Waals surface area contributed by atoms with Gasteiger partial charge < -0.3 is 10.2 Å². The zero-order chi connectivity index (χ0) is 17.3. The number of carbonyl (C=O) groups excluding carboxylic acids is 2. The Morgan fingerprint density at radius 1 is 1.12 bits per heavy atom. The molecule has 2 aromatic rings. The number of nitrogens with one attached hydrogen (secondary N) is 1. The van der Waals surface area contributed by atoms with Crippen LogP contribution in [0.2, 0.25) is 0 Å². The summed E-state index contributed by atoms with van der Waals surface area (Å²) in [5.41, 5.74) is 2.95. The lowest BCUT2D eigenvalue weighted by atomic mass is 10.1. The number of hydrogen-bond donors (Lipinski definition) is 1. The second-order valence-electron chi connectivity index (χ2n) is 6.11. The summed E-state index contributed by atoms with van der Waals surface area (Å²) in [4.78, 5) is 26.1. The van der Waals surface area contributed by atoms with E-state index in [1.807, 2.05) is 32.0 Å². The largest absolute Gasteiger partial charge is 0.325 e. The number of anilines is 2. The Balaban J connectivity index is 1.76. The van der Waals surface area contributed by atoms with Gasteiger partial charge in [-0.25, -0.2) is 4.39 Å². The molecular formula is C19H19FN2O2. The van der Waals surface area contributed by atoms with Gasteiger partial charge in [0.05, 0.1) is 11.6 Å². The first-order chi connectivity index (χ1) is 11.5. The summed E-state index contributed by atoms with van der Waals surface area (Å²) in [5, 5.41) is 2.92. The van der Waals surface area contributed by atoms with Gasteiger partial charge in [0.1, 0.15) is 5.82 Å². The number of rotatable bonds is 3. The molecule has 1 aliphatic heterocycles. The summed E-state index contributed by atoms with van der Waals surface area (Å²) < 4.78 is 13.9. The number of hydrogen-bond acceptors (Lipinski definition) is 2. The minimum atomic E-state index is -0.490. The van der Waals surface area contributed by atoms with Crippen LogP contribution in [0.4, 0.5) is 15.8 Å². The molecule has 1 fully saturated rings. The van der Waals surface area contributed by atoms with E-state index in [0.29, 0.717) is 0 Å². The number of carbonyl (C=O) groups is 2. The van der Waals surface area contributed by atoms with Gasteiger partial charge in [-0.3, -0.25) is 9.59 Å². The fourth-order valence-corrected chi connectivity index (χ4v) is 3.02. The van der Waals surface area contributed by atoms with Gasteiger partial charge in [0, 0.05) is 18.7 Å². The molecule has 0 spiro atoms. The van der Waals surface area contributed by atoms with Crippen LogP contribution in [0.15, 0.2) is 42.5 Å². The molecule has 0 aliphatic carbocycles. The molecule has 2 aromatic carbocycles. The smallest absolute Gasteiger partial charge is 0.229 e. The minimum absolute atomic E-state index is 0.0884. The minimum Gasteiger partial charge on any atom is -0.325 e. The normalized spacial score (nSPS) is 17.2. The van der Waals surface area contributed by atoms with Gasteiger partial charge in [0.25, 0.3) is 0 Å². The molecule has 1 heterocycles. The maximum absolute atomic E-state index is 13.9. The van der Waals surface area contributed by atoms with Crippen LogP contribution in [-0.4, -0.2) is 18.4 Å². The first-order valence-corrected chi connectivity index (χ1v) is 7.89. The molecule has 0 aromatic heterocycles. The number of nitrogens with zero attached hydrogens (tertiary/aromatic N) is 1. The second kappa shape index (κ2) is 6.43. The molecule has 124 valence electrons. The number of benzene rings is 2. The lowest BCUT2D eigenvalue weighted by molar-refractivity contribution is -0.122. The van der Waals surface area contributed by atoms with Gasteiger partial charge in [0.15, 0.2) is 0 Å². The van der Waals surface area contributed by atoms with E-state index in [4.69, 9.17) is 0 Å². The highest BCUT2D eigenvalue weighted by atomic mass is 19.1. The number of para-hydroxylation sites is 2. The molecule has 0 radical (unpaired) electrons. The van der Waals surface area contributed by atoms with Crippen LogP contribution in [0.25, 0.3) is 0 Å². The van der Waals surface area contributed by atoms with E-state index in [-0.39, 0.29) is 30.5 Å². The summed E-state index contributed by atoms with van der Waals surface area (Å²) in [6.07, 6.45) is 0.0884. The van der Waals surface area contributed by atoms with Gasteiger partial charge in [-0.1, -0.05) is 30.3 Å². The van der Waals surface area contributed by atoms with Crippen molar-refractivity contribution in [2.24, 2.45) is 5.92 Å². The third-order valence-electron chi connectivity index (χ3n) is 4.37. The molecule has 1 atom stereocenters. The van der Waals surface area contributed by atoms with Crippen molar-refractivity contribution in [2.75, 3.05) is 16.8 Å². The van der Waals surface area contributed by atoms with Gasteiger partial charge in [-0.05, 0) is 37.1 Å². The van der Waals surface area contributed by atoms with Crippen molar-refractivity contribution < 1.29 is 14.0 Å². The number of halogens is 1. The highest BCUT2D eigenvalue weighted by molar-refractivity contribution is 6.04. The van der Waals surface area contributed by atoms with Crippen molar-refractivity contribution in [3.63, 3.8) is 0 Å². The van der Waals surface area contributed by atoms with Crippen LogP contribution in [0.1, 0.15) is 17.5 Å². The van der Waals surface area contributed by atoms with Crippen LogP contribution in [0.5, 0.6) is 0 Å². The van der Waals surface area contributed by atoms with Crippen LogP contribution in [0.3, 0.4) is 0 Å². The van der Waals surface area contributed by atoms with Gasteiger partial charge in [0.2, 0.25) is 11.8 Å². The van der Waals surface area contributed by atoms with E-state index in [9.17, 15) is 14.0 Å². The van der Waals surface area contributed by atoms with E-state index in [1.54, 1.807) is 18.2 Å². The van der Waals surface area contributed by atoms with E-state index in [0.717, 1.165) is 16.8 Å². The Morgan fingerprint density at radius 2 is 1.79 bits per heavy atom. The molecule has 0 bridgehead atoms. The quantitative estimate of drug-likeness (QED) is 0.939. The summed E-state index contributed by atoms with van der Waals surface area (Å²) in [7, 11) is 0. The van der Waals surface area contributed by atoms with Gasteiger partial charge in [-0.2, -0.15) is 0 Å². The average molecular weight is 326 g/mol. The summed E-state index contributed by atoms with van der Waals surface area (Å²) in [5.74, 6) is -1.39. The molecule has 0 unspecified atom stereocenters. The van der Waals surface area contributed by atoms with Crippen molar-refractivity contribution in [3.8, 4) is 0 Å². The maximum Gasteiger partial charge on any atom is 0.229 e. The molecule has 24 heavy (non-hydrogen) atoms. The molecule has 0 saturated carbocycles. The monoisotopic (exact) mass is 326 g/mol. The second-order valence-corrected chi connectivity index (χ2v) is 6.11. The average Bonchev–Trinajstić information content (AvgIpc) is 2.93. The third-order valence-corrected chi connectivity index (χ3v) is 4.37. The van der Waals surface area contributed by atoms with Crippen molar-refractivity contribution in [2.45, 2.75) is 20.3 Å². The molecule has 3 rings (SSSR count). The van der Waals surface area contributed by atoms with Gasteiger partial charge in [-0.15, -0.1) is 0 Å². The molecule has 1 saturated heterocycles. The van der Waals surface area contributed by atoms with Crippen LogP contribution >= 0.6 is 0 Å².